The molecule has 0 aliphatic heterocycles. The average Bonchev–Trinajstić information content (AvgIpc) is 2.62. The Hall–Kier alpha value is -2.92. The van der Waals surface area contributed by atoms with E-state index in [4.69, 9.17) is 11.6 Å². The number of benzene rings is 2. The molecule has 0 saturated carbocycles. The van der Waals surface area contributed by atoms with Crippen molar-refractivity contribution in [2.24, 2.45) is 0 Å². The van der Waals surface area contributed by atoms with Crippen LogP contribution in [0.25, 0.3) is 10.9 Å². The van der Waals surface area contributed by atoms with E-state index in [9.17, 15) is 9.59 Å². The van der Waals surface area contributed by atoms with Crippen LogP contribution in [-0.2, 0) is 9.59 Å². The van der Waals surface area contributed by atoms with Gasteiger partial charge in [0.2, 0.25) is 11.8 Å². The van der Waals surface area contributed by atoms with Crippen LogP contribution in [0.2, 0.25) is 5.02 Å². The Balaban J connectivity index is 1.70. The number of aromatic nitrogens is 1. The second-order valence-corrected chi connectivity index (χ2v) is 6.27. The summed E-state index contributed by atoms with van der Waals surface area (Å²) >= 11 is 5.99. The monoisotopic (exact) mass is 367 g/mol. The number of nitrogens with one attached hydrogen (secondary N) is 1. The maximum atomic E-state index is 12.4. The van der Waals surface area contributed by atoms with Crippen molar-refractivity contribution in [1.82, 2.24) is 4.98 Å². The topological polar surface area (TPSA) is 62.3 Å². The first kappa shape index (κ1) is 17.9. The lowest BCUT2D eigenvalue weighted by Gasteiger charge is -2.21. The van der Waals surface area contributed by atoms with Gasteiger partial charge >= 0.3 is 0 Å². The highest BCUT2D eigenvalue weighted by atomic mass is 35.5. The first-order valence-corrected chi connectivity index (χ1v) is 8.59. The minimum absolute atomic E-state index is 0.146. The molecule has 132 valence electrons. The number of hydrogen-bond donors (Lipinski definition) is 1. The molecule has 26 heavy (non-hydrogen) atoms. The van der Waals surface area contributed by atoms with Crippen LogP contribution >= 0.6 is 11.6 Å². The Labute approximate surface area is 156 Å². The van der Waals surface area contributed by atoms with E-state index >= 15 is 0 Å². The highest BCUT2D eigenvalue weighted by Gasteiger charge is 2.14. The van der Waals surface area contributed by atoms with Crippen LogP contribution in [0.4, 0.5) is 11.4 Å². The molecule has 0 saturated heterocycles. The zero-order valence-electron chi connectivity index (χ0n) is 14.3. The van der Waals surface area contributed by atoms with Gasteiger partial charge < -0.3 is 10.2 Å². The maximum Gasteiger partial charge on any atom is 0.226 e. The van der Waals surface area contributed by atoms with Gasteiger partial charge in [-0.1, -0.05) is 35.9 Å². The van der Waals surface area contributed by atoms with E-state index in [1.165, 1.54) is 11.8 Å². The van der Waals surface area contributed by atoms with Gasteiger partial charge in [0.05, 0.1) is 11.2 Å². The minimum Gasteiger partial charge on any atom is -0.324 e. The quantitative estimate of drug-likeness (QED) is 0.732. The third-order valence-electron chi connectivity index (χ3n) is 3.97. The van der Waals surface area contributed by atoms with E-state index in [1.54, 1.807) is 30.5 Å². The Morgan fingerprint density at radius 3 is 2.65 bits per heavy atom. The Bertz CT molecular complexity index is 953. The van der Waals surface area contributed by atoms with Crippen molar-refractivity contribution in [3.63, 3.8) is 0 Å². The molecular weight excluding hydrogens is 350 g/mol. The number of rotatable bonds is 5. The summed E-state index contributed by atoms with van der Waals surface area (Å²) in [5.74, 6) is -0.330. The van der Waals surface area contributed by atoms with Crippen molar-refractivity contribution in [2.75, 3.05) is 16.8 Å². The largest absolute Gasteiger partial charge is 0.324 e. The smallest absolute Gasteiger partial charge is 0.226 e. The van der Waals surface area contributed by atoms with Gasteiger partial charge in [-0.15, -0.1) is 0 Å². The molecule has 0 radical (unpaired) electrons. The molecule has 1 N–H and O–H groups in total. The molecule has 5 nitrogen and oxygen atoms in total. The van der Waals surface area contributed by atoms with Crippen LogP contribution in [-0.4, -0.2) is 23.3 Å². The molecule has 0 bridgehead atoms. The summed E-state index contributed by atoms with van der Waals surface area (Å²) in [7, 11) is 0. The van der Waals surface area contributed by atoms with E-state index in [2.05, 4.69) is 10.3 Å². The third kappa shape index (κ3) is 4.18. The number of hydrogen-bond acceptors (Lipinski definition) is 3. The van der Waals surface area contributed by atoms with Crippen molar-refractivity contribution in [3.8, 4) is 0 Å². The number of anilines is 2. The van der Waals surface area contributed by atoms with Crippen LogP contribution in [0.15, 0.2) is 60.8 Å². The number of para-hydroxylation sites is 1. The molecule has 1 aromatic heterocycles. The van der Waals surface area contributed by atoms with Crippen molar-refractivity contribution in [3.05, 3.63) is 65.8 Å². The summed E-state index contributed by atoms with van der Waals surface area (Å²) in [6, 6.07) is 16.4. The summed E-state index contributed by atoms with van der Waals surface area (Å²) in [5, 5.41) is 4.37. The van der Waals surface area contributed by atoms with Gasteiger partial charge in [0.1, 0.15) is 0 Å². The van der Waals surface area contributed by atoms with Crippen molar-refractivity contribution in [1.29, 1.82) is 0 Å². The molecule has 0 fully saturated rings. The molecule has 2 aromatic carbocycles. The Kier molecular flexibility index (Phi) is 5.49. The van der Waals surface area contributed by atoms with E-state index < -0.39 is 0 Å². The summed E-state index contributed by atoms with van der Waals surface area (Å²) in [6.07, 6.45) is 1.85. The van der Waals surface area contributed by atoms with Gasteiger partial charge in [-0.05, 0) is 30.3 Å². The summed E-state index contributed by atoms with van der Waals surface area (Å²) < 4.78 is 0. The zero-order valence-corrected chi connectivity index (χ0v) is 15.0. The fourth-order valence-corrected chi connectivity index (χ4v) is 2.93. The molecule has 0 atom stereocenters. The van der Waals surface area contributed by atoms with Crippen LogP contribution in [0.5, 0.6) is 0 Å². The molecule has 0 unspecified atom stereocenters. The molecule has 6 heteroatoms. The highest BCUT2D eigenvalue weighted by molar-refractivity contribution is 6.30. The number of carbonyl (C=O) groups is 2. The lowest BCUT2D eigenvalue weighted by atomic mass is 10.2. The lowest BCUT2D eigenvalue weighted by molar-refractivity contribution is -0.117. The number of carbonyl (C=O) groups excluding carboxylic acids is 2. The second kappa shape index (κ2) is 7.97. The van der Waals surface area contributed by atoms with Crippen molar-refractivity contribution >= 4 is 45.7 Å². The standard InChI is InChI=1S/C20H18ClN3O2/c1-14(25)24(17-8-3-7-16(21)13-17)12-10-19(26)23-18-9-2-5-15-6-4-11-22-20(15)18/h2-9,11,13H,10,12H2,1H3,(H,23,26). The number of pyridine rings is 1. The predicted molar refractivity (Wildman–Crippen MR) is 104 cm³/mol. The van der Waals surface area contributed by atoms with Gasteiger partial charge in [-0.25, -0.2) is 0 Å². The summed E-state index contributed by atoms with van der Waals surface area (Å²) in [6.45, 7) is 1.73. The molecule has 3 aromatic rings. The molecule has 3 rings (SSSR count). The Morgan fingerprint density at radius 2 is 1.88 bits per heavy atom. The third-order valence-corrected chi connectivity index (χ3v) is 4.20. The molecule has 2 amide bonds. The number of fused-ring (bicyclic) bond motifs is 1. The van der Waals surface area contributed by atoms with Gasteiger partial charge in [0, 0.05) is 42.2 Å². The molecule has 0 aliphatic carbocycles. The average molecular weight is 368 g/mol. The second-order valence-electron chi connectivity index (χ2n) is 5.83. The van der Waals surface area contributed by atoms with E-state index in [1.807, 2.05) is 30.3 Å². The van der Waals surface area contributed by atoms with Crippen molar-refractivity contribution < 1.29 is 9.59 Å². The van der Waals surface area contributed by atoms with Gasteiger partial charge in [-0.3, -0.25) is 14.6 Å². The van der Waals surface area contributed by atoms with Crippen LogP contribution in [0.3, 0.4) is 0 Å². The van der Waals surface area contributed by atoms with E-state index in [0.29, 0.717) is 16.4 Å². The first-order valence-electron chi connectivity index (χ1n) is 8.22. The van der Waals surface area contributed by atoms with Gasteiger partial charge in [0.15, 0.2) is 0 Å². The fraction of sp³-hybridized carbons (Fsp3) is 0.150. The normalized spacial score (nSPS) is 10.5. The fourth-order valence-electron chi connectivity index (χ4n) is 2.74. The van der Waals surface area contributed by atoms with E-state index in [0.717, 1.165) is 10.9 Å². The molecule has 1 heterocycles. The predicted octanol–water partition coefficient (Wildman–Crippen LogP) is 4.27. The lowest BCUT2D eigenvalue weighted by Crippen LogP contribution is -2.31. The van der Waals surface area contributed by atoms with Gasteiger partial charge in [0.25, 0.3) is 0 Å². The first-order chi connectivity index (χ1) is 12.5. The number of amides is 2. The SMILES string of the molecule is CC(=O)N(CCC(=O)Nc1cccc2cccnc12)c1cccc(Cl)c1. The number of nitrogens with zero attached hydrogens (tertiary/aromatic N) is 2. The van der Waals surface area contributed by atoms with Crippen LogP contribution in [0.1, 0.15) is 13.3 Å². The zero-order chi connectivity index (χ0) is 18.5. The number of halogens is 1. The van der Waals surface area contributed by atoms with Crippen LogP contribution in [0, 0.1) is 0 Å². The Morgan fingerprint density at radius 1 is 1.12 bits per heavy atom. The minimum atomic E-state index is -0.184. The molecule has 0 spiro atoms. The molecule has 0 aliphatic rings. The van der Waals surface area contributed by atoms with Crippen molar-refractivity contribution in [2.45, 2.75) is 13.3 Å². The highest BCUT2D eigenvalue weighted by Crippen LogP contribution is 2.22. The molecular formula is C20H18ClN3O2. The van der Waals surface area contributed by atoms with E-state index in [-0.39, 0.29) is 24.8 Å². The van der Waals surface area contributed by atoms with Gasteiger partial charge in [-0.2, -0.15) is 0 Å². The summed E-state index contributed by atoms with van der Waals surface area (Å²) in [4.78, 5) is 30.2. The van der Waals surface area contributed by atoms with Crippen LogP contribution < -0.4 is 10.2 Å². The maximum absolute atomic E-state index is 12.4. The summed E-state index contributed by atoms with van der Waals surface area (Å²) in [5.41, 5.74) is 2.07.